The first-order chi connectivity index (χ1) is 10.9. The first kappa shape index (κ1) is 17.6. The molecule has 2 atom stereocenters. The minimum Gasteiger partial charge on any atom is -0.444 e. The predicted octanol–water partition coefficient (Wildman–Crippen LogP) is 4.70. The maximum atomic E-state index is 11.8. The van der Waals surface area contributed by atoms with Gasteiger partial charge in [-0.2, -0.15) is 0 Å². The van der Waals surface area contributed by atoms with Crippen molar-refractivity contribution in [1.29, 1.82) is 0 Å². The average Bonchev–Trinajstić information content (AvgIpc) is 2.92. The second-order valence-electron chi connectivity index (χ2n) is 7.36. The molecule has 0 heterocycles. The Labute approximate surface area is 140 Å². The van der Waals surface area contributed by atoms with Crippen molar-refractivity contribution in [2.24, 2.45) is 5.92 Å². The third-order valence-electron chi connectivity index (χ3n) is 4.36. The number of alkyl carbamates (subject to hydrolysis) is 1. The summed E-state index contributed by atoms with van der Waals surface area (Å²) in [6.45, 7) is 8.34. The van der Waals surface area contributed by atoms with Gasteiger partial charge in [0.15, 0.2) is 0 Å². The van der Waals surface area contributed by atoms with E-state index in [1.165, 1.54) is 25.7 Å². The van der Waals surface area contributed by atoms with Crippen molar-refractivity contribution in [1.82, 2.24) is 5.32 Å². The molecule has 1 saturated carbocycles. The van der Waals surface area contributed by atoms with Gasteiger partial charge >= 0.3 is 6.09 Å². The lowest BCUT2D eigenvalue weighted by Crippen LogP contribution is -2.32. The Bertz CT molecular complexity index is 522. The van der Waals surface area contributed by atoms with Gasteiger partial charge in [-0.3, -0.25) is 0 Å². The maximum absolute atomic E-state index is 11.8. The highest BCUT2D eigenvalue weighted by Gasteiger charge is 2.26. The largest absolute Gasteiger partial charge is 0.444 e. The topological polar surface area (TPSA) is 50.4 Å². The summed E-state index contributed by atoms with van der Waals surface area (Å²) in [5, 5.41) is 6.54. The van der Waals surface area contributed by atoms with E-state index in [-0.39, 0.29) is 6.09 Å². The zero-order valence-corrected chi connectivity index (χ0v) is 14.8. The molecule has 23 heavy (non-hydrogen) atoms. The molecule has 1 aliphatic carbocycles. The Kier molecular flexibility index (Phi) is 5.91. The molecule has 1 aromatic rings. The number of anilines is 1. The molecule has 0 spiro atoms. The lowest BCUT2D eigenvalue weighted by atomic mass is 10.00. The van der Waals surface area contributed by atoms with Crippen molar-refractivity contribution in [2.75, 3.05) is 5.32 Å². The third kappa shape index (κ3) is 5.45. The fraction of sp³-hybridized carbons (Fsp3) is 0.632. The van der Waals surface area contributed by atoms with E-state index < -0.39 is 5.60 Å². The Balaban J connectivity index is 1.96. The van der Waals surface area contributed by atoms with Gasteiger partial charge in [0.25, 0.3) is 0 Å². The van der Waals surface area contributed by atoms with E-state index in [4.69, 9.17) is 4.74 Å². The van der Waals surface area contributed by atoms with E-state index in [1.54, 1.807) is 0 Å². The van der Waals surface area contributed by atoms with Crippen molar-refractivity contribution < 1.29 is 9.53 Å². The quantitative estimate of drug-likeness (QED) is 0.827. The van der Waals surface area contributed by atoms with E-state index >= 15 is 0 Å². The minimum absolute atomic E-state index is 0.375. The molecule has 128 valence electrons. The van der Waals surface area contributed by atoms with Crippen LogP contribution in [0.4, 0.5) is 10.5 Å². The lowest BCUT2D eigenvalue weighted by molar-refractivity contribution is 0.0523. The van der Waals surface area contributed by atoms with Gasteiger partial charge in [0, 0.05) is 18.3 Å². The number of para-hydroxylation sites is 1. The summed E-state index contributed by atoms with van der Waals surface area (Å²) < 4.78 is 5.30. The molecule has 2 N–H and O–H groups in total. The summed E-state index contributed by atoms with van der Waals surface area (Å²) in [6.07, 6.45) is 4.68. The van der Waals surface area contributed by atoms with Crippen LogP contribution in [0.15, 0.2) is 24.3 Å². The molecule has 0 saturated heterocycles. The smallest absolute Gasteiger partial charge is 0.407 e. The molecule has 0 radical (unpaired) electrons. The van der Waals surface area contributed by atoms with Crippen molar-refractivity contribution in [2.45, 2.75) is 71.6 Å². The molecule has 0 aromatic heterocycles. The Hall–Kier alpha value is -1.71. The van der Waals surface area contributed by atoms with Crippen LogP contribution in [-0.2, 0) is 11.3 Å². The lowest BCUT2D eigenvalue weighted by Gasteiger charge is -2.23. The number of carbonyl (C=O) groups excluding carboxylic acids is 1. The van der Waals surface area contributed by atoms with Crippen molar-refractivity contribution in [3.8, 4) is 0 Å². The molecule has 0 aliphatic heterocycles. The van der Waals surface area contributed by atoms with Crippen LogP contribution < -0.4 is 10.6 Å². The molecule has 4 nitrogen and oxygen atoms in total. The highest BCUT2D eigenvalue weighted by atomic mass is 16.6. The maximum Gasteiger partial charge on any atom is 0.407 e. The highest BCUT2D eigenvalue weighted by Crippen LogP contribution is 2.31. The number of nitrogens with one attached hydrogen (secondary N) is 2. The number of benzene rings is 1. The first-order valence-electron chi connectivity index (χ1n) is 8.70. The van der Waals surface area contributed by atoms with Gasteiger partial charge in [0.2, 0.25) is 0 Å². The zero-order chi connectivity index (χ0) is 16.9. The molecular formula is C19H30N2O2. The van der Waals surface area contributed by atoms with Crippen LogP contribution in [0.2, 0.25) is 0 Å². The number of ether oxygens (including phenoxy) is 1. The average molecular weight is 318 g/mol. The van der Waals surface area contributed by atoms with Gasteiger partial charge in [-0.1, -0.05) is 38.0 Å². The number of hydrogen-bond donors (Lipinski definition) is 2. The fourth-order valence-electron chi connectivity index (χ4n) is 3.21. The molecule has 1 fully saturated rings. The van der Waals surface area contributed by atoms with Crippen molar-refractivity contribution in [3.63, 3.8) is 0 Å². The summed E-state index contributed by atoms with van der Waals surface area (Å²) >= 11 is 0. The minimum atomic E-state index is -0.472. The summed E-state index contributed by atoms with van der Waals surface area (Å²) in [5.41, 5.74) is 1.74. The number of amides is 1. The Morgan fingerprint density at radius 3 is 2.70 bits per heavy atom. The second kappa shape index (κ2) is 7.71. The van der Waals surface area contributed by atoms with Crippen LogP contribution in [-0.4, -0.2) is 17.7 Å². The molecule has 1 aliphatic rings. The first-order valence-corrected chi connectivity index (χ1v) is 8.70. The summed E-state index contributed by atoms with van der Waals surface area (Å²) in [5.74, 6) is 0.752. The number of carbonyl (C=O) groups is 1. The van der Waals surface area contributed by atoms with Crippen LogP contribution in [0.5, 0.6) is 0 Å². The van der Waals surface area contributed by atoms with E-state index in [0.717, 1.165) is 17.2 Å². The van der Waals surface area contributed by atoms with Gasteiger partial charge in [0.1, 0.15) is 5.60 Å². The number of rotatable bonds is 5. The number of hydrogen-bond acceptors (Lipinski definition) is 3. The van der Waals surface area contributed by atoms with Gasteiger partial charge in [0.05, 0.1) is 0 Å². The fourth-order valence-corrected chi connectivity index (χ4v) is 3.21. The standard InChI is InChI=1S/C19H30N2O2/c1-5-14-10-8-12-16(14)21-17-11-7-6-9-15(17)13-20-18(22)23-19(2,3)4/h6-7,9,11,14,16,21H,5,8,10,12-13H2,1-4H3,(H,20,22). The normalized spacial score (nSPS) is 21.0. The van der Waals surface area contributed by atoms with Gasteiger partial charge in [-0.15, -0.1) is 0 Å². The van der Waals surface area contributed by atoms with Crippen LogP contribution in [0.25, 0.3) is 0 Å². The SMILES string of the molecule is CCC1CCCC1Nc1ccccc1CNC(=O)OC(C)(C)C. The van der Waals surface area contributed by atoms with Crippen LogP contribution in [0, 0.1) is 5.92 Å². The van der Waals surface area contributed by atoms with E-state index in [0.29, 0.717) is 12.6 Å². The van der Waals surface area contributed by atoms with E-state index in [9.17, 15) is 4.79 Å². The van der Waals surface area contributed by atoms with Crippen molar-refractivity contribution in [3.05, 3.63) is 29.8 Å². The van der Waals surface area contributed by atoms with Crippen LogP contribution in [0.1, 0.15) is 58.9 Å². The monoisotopic (exact) mass is 318 g/mol. The van der Waals surface area contributed by atoms with Crippen LogP contribution in [0.3, 0.4) is 0 Å². The molecule has 1 aromatic carbocycles. The van der Waals surface area contributed by atoms with Crippen LogP contribution >= 0.6 is 0 Å². The molecule has 2 unspecified atom stereocenters. The molecule has 2 rings (SSSR count). The molecule has 4 heteroatoms. The zero-order valence-electron chi connectivity index (χ0n) is 14.8. The van der Waals surface area contributed by atoms with E-state index in [2.05, 4.69) is 29.7 Å². The molecule has 1 amide bonds. The van der Waals surface area contributed by atoms with Crippen molar-refractivity contribution >= 4 is 11.8 Å². The summed E-state index contributed by atoms with van der Waals surface area (Å²) in [6, 6.07) is 8.73. The van der Waals surface area contributed by atoms with Gasteiger partial charge < -0.3 is 15.4 Å². The molecule has 0 bridgehead atoms. The predicted molar refractivity (Wildman–Crippen MR) is 94.6 cm³/mol. The highest BCUT2D eigenvalue weighted by molar-refractivity contribution is 5.68. The third-order valence-corrected chi connectivity index (χ3v) is 4.36. The summed E-state index contributed by atoms with van der Waals surface area (Å²) in [7, 11) is 0. The van der Waals surface area contributed by atoms with Gasteiger partial charge in [-0.25, -0.2) is 4.79 Å². The summed E-state index contributed by atoms with van der Waals surface area (Å²) in [4.78, 5) is 11.8. The second-order valence-corrected chi connectivity index (χ2v) is 7.36. The van der Waals surface area contributed by atoms with Gasteiger partial charge in [-0.05, 0) is 51.2 Å². The molecular weight excluding hydrogens is 288 g/mol. The van der Waals surface area contributed by atoms with E-state index in [1.807, 2.05) is 32.9 Å². The Morgan fingerprint density at radius 1 is 1.26 bits per heavy atom. The Morgan fingerprint density at radius 2 is 2.00 bits per heavy atom.